The fourth-order valence-electron chi connectivity index (χ4n) is 1.98. The summed E-state index contributed by atoms with van der Waals surface area (Å²) < 4.78 is 1.89. The normalized spacial score (nSPS) is 10.8. The summed E-state index contributed by atoms with van der Waals surface area (Å²) >= 11 is 0. The Morgan fingerprint density at radius 2 is 2.28 bits per heavy atom. The Balaban J connectivity index is 2.12. The number of aromatic nitrogens is 2. The molecule has 0 unspecified atom stereocenters. The number of carbonyl (C=O) groups is 1. The highest BCUT2D eigenvalue weighted by Crippen LogP contribution is 2.10. The van der Waals surface area contributed by atoms with E-state index in [2.05, 4.69) is 17.2 Å². The van der Waals surface area contributed by atoms with Crippen LogP contribution in [-0.2, 0) is 0 Å². The Hall–Kier alpha value is -1.84. The number of fused-ring (bicyclic) bond motifs is 1. The van der Waals surface area contributed by atoms with Crippen LogP contribution in [0.5, 0.6) is 0 Å². The molecule has 4 nitrogen and oxygen atoms in total. The van der Waals surface area contributed by atoms with Crippen LogP contribution in [0.15, 0.2) is 24.5 Å². The van der Waals surface area contributed by atoms with Crippen LogP contribution in [0.25, 0.3) is 5.65 Å². The predicted octanol–water partition coefficient (Wildman–Crippen LogP) is 2.56. The van der Waals surface area contributed by atoms with Gasteiger partial charge in [0.2, 0.25) is 0 Å². The molecule has 0 saturated carbocycles. The zero-order chi connectivity index (χ0) is 13.0. The van der Waals surface area contributed by atoms with Gasteiger partial charge in [-0.25, -0.2) is 4.98 Å². The molecule has 0 aromatic carbocycles. The highest BCUT2D eigenvalue weighted by molar-refractivity contribution is 5.99. The van der Waals surface area contributed by atoms with Crippen molar-refractivity contribution in [3.63, 3.8) is 0 Å². The van der Waals surface area contributed by atoms with Crippen LogP contribution in [0.4, 0.5) is 0 Å². The van der Waals surface area contributed by atoms with E-state index in [9.17, 15) is 4.79 Å². The van der Waals surface area contributed by atoms with Crippen molar-refractivity contribution >= 4 is 11.6 Å². The van der Waals surface area contributed by atoms with Crippen molar-refractivity contribution in [2.75, 3.05) is 6.54 Å². The minimum atomic E-state index is -0.0395. The van der Waals surface area contributed by atoms with Crippen LogP contribution < -0.4 is 5.32 Å². The summed E-state index contributed by atoms with van der Waals surface area (Å²) in [7, 11) is 0. The highest BCUT2D eigenvalue weighted by atomic mass is 16.1. The Morgan fingerprint density at radius 3 is 3.06 bits per heavy atom. The van der Waals surface area contributed by atoms with Gasteiger partial charge >= 0.3 is 0 Å². The zero-order valence-corrected chi connectivity index (χ0v) is 10.9. The zero-order valence-electron chi connectivity index (χ0n) is 10.9. The van der Waals surface area contributed by atoms with Gasteiger partial charge in [0.05, 0.1) is 11.3 Å². The Morgan fingerprint density at radius 1 is 1.44 bits per heavy atom. The van der Waals surface area contributed by atoms with E-state index in [0.29, 0.717) is 5.56 Å². The molecule has 0 aliphatic rings. The summed E-state index contributed by atoms with van der Waals surface area (Å²) in [6.07, 6.45) is 7.16. The summed E-state index contributed by atoms with van der Waals surface area (Å²) in [4.78, 5) is 16.4. The van der Waals surface area contributed by atoms with E-state index in [1.54, 1.807) is 0 Å². The third kappa shape index (κ3) is 2.70. The minimum absolute atomic E-state index is 0.0395. The van der Waals surface area contributed by atoms with E-state index in [-0.39, 0.29) is 5.91 Å². The first kappa shape index (κ1) is 12.6. The molecule has 18 heavy (non-hydrogen) atoms. The topological polar surface area (TPSA) is 46.4 Å². The van der Waals surface area contributed by atoms with E-state index in [1.807, 2.05) is 35.9 Å². The molecule has 2 rings (SSSR count). The van der Waals surface area contributed by atoms with Crippen LogP contribution in [0.1, 0.15) is 42.2 Å². The SMILES string of the molecule is CCCCCNC(=O)c1cccn2cc(C)nc12. The average molecular weight is 245 g/mol. The van der Waals surface area contributed by atoms with Gasteiger partial charge in [0, 0.05) is 18.9 Å². The Labute approximate surface area is 107 Å². The van der Waals surface area contributed by atoms with Crippen molar-refractivity contribution in [2.24, 2.45) is 0 Å². The van der Waals surface area contributed by atoms with E-state index >= 15 is 0 Å². The molecule has 2 aromatic rings. The number of carbonyl (C=O) groups excluding carboxylic acids is 1. The van der Waals surface area contributed by atoms with Crippen LogP contribution in [-0.4, -0.2) is 21.8 Å². The maximum Gasteiger partial charge on any atom is 0.255 e. The van der Waals surface area contributed by atoms with Crippen LogP contribution >= 0.6 is 0 Å². The number of hydrogen-bond acceptors (Lipinski definition) is 2. The lowest BCUT2D eigenvalue weighted by atomic mass is 10.2. The first-order valence-corrected chi connectivity index (χ1v) is 6.45. The first-order chi connectivity index (χ1) is 8.72. The molecule has 0 saturated heterocycles. The van der Waals surface area contributed by atoms with E-state index in [1.165, 1.54) is 0 Å². The lowest BCUT2D eigenvalue weighted by molar-refractivity contribution is 0.0954. The summed E-state index contributed by atoms with van der Waals surface area (Å²) in [5.41, 5.74) is 2.28. The van der Waals surface area contributed by atoms with Crippen molar-refractivity contribution in [3.05, 3.63) is 35.8 Å². The summed E-state index contributed by atoms with van der Waals surface area (Å²) in [6, 6.07) is 3.69. The number of unbranched alkanes of at least 4 members (excludes halogenated alkanes) is 2. The summed E-state index contributed by atoms with van der Waals surface area (Å²) in [6.45, 7) is 4.80. The smallest absolute Gasteiger partial charge is 0.255 e. The molecule has 0 radical (unpaired) electrons. The molecule has 4 heteroatoms. The number of nitrogens with zero attached hydrogens (tertiary/aromatic N) is 2. The molecule has 0 aliphatic heterocycles. The molecule has 0 bridgehead atoms. The fraction of sp³-hybridized carbons (Fsp3) is 0.429. The lowest BCUT2D eigenvalue weighted by Crippen LogP contribution is -2.25. The summed E-state index contributed by atoms with van der Waals surface area (Å²) in [5.74, 6) is -0.0395. The number of imidazole rings is 1. The van der Waals surface area contributed by atoms with Gasteiger partial charge < -0.3 is 9.72 Å². The van der Waals surface area contributed by atoms with Crippen LogP contribution in [0.2, 0.25) is 0 Å². The number of rotatable bonds is 5. The molecule has 96 valence electrons. The number of hydrogen-bond donors (Lipinski definition) is 1. The quantitative estimate of drug-likeness (QED) is 0.823. The maximum absolute atomic E-state index is 12.1. The molecular formula is C14H19N3O. The fourth-order valence-corrected chi connectivity index (χ4v) is 1.98. The number of pyridine rings is 1. The van der Waals surface area contributed by atoms with Crippen LogP contribution in [0.3, 0.4) is 0 Å². The predicted molar refractivity (Wildman–Crippen MR) is 71.8 cm³/mol. The van der Waals surface area contributed by atoms with Gasteiger partial charge in [-0.2, -0.15) is 0 Å². The second-order valence-electron chi connectivity index (χ2n) is 4.50. The molecule has 1 N–H and O–H groups in total. The Bertz CT molecular complexity index is 545. The van der Waals surface area contributed by atoms with Gasteiger partial charge in [-0.1, -0.05) is 19.8 Å². The molecule has 0 fully saturated rings. The number of aryl methyl sites for hydroxylation is 1. The number of nitrogens with one attached hydrogen (secondary N) is 1. The monoisotopic (exact) mass is 245 g/mol. The second kappa shape index (κ2) is 5.67. The van der Waals surface area contributed by atoms with Crippen molar-refractivity contribution < 1.29 is 4.79 Å². The highest BCUT2D eigenvalue weighted by Gasteiger charge is 2.11. The number of amides is 1. The second-order valence-corrected chi connectivity index (χ2v) is 4.50. The maximum atomic E-state index is 12.1. The van der Waals surface area contributed by atoms with Crippen molar-refractivity contribution in [3.8, 4) is 0 Å². The third-order valence-corrected chi connectivity index (χ3v) is 2.91. The van der Waals surface area contributed by atoms with Gasteiger partial charge in [0.1, 0.15) is 5.65 Å². The van der Waals surface area contributed by atoms with Gasteiger partial charge in [-0.05, 0) is 25.5 Å². The first-order valence-electron chi connectivity index (χ1n) is 6.45. The molecule has 1 amide bonds. The van der Waals surface area contributed by atoms with E-state index in [4.69, 9.17) is 0 Å². The lowest BCUT2D eigenvalue weighted by Gasteiger charge is -2.05. The van der Waals surface area contributed by atoms with Gasteiger partial charge in [0.25, 0.3) is 5.91 Å². The molecule has 0 aliphatic carbocycles. The van der Waals surface area contributed by atoms with Crippen molar-refractivity contribution in [1.29, 1.82) is 0 Å². The van der Waals surface area contributed by atoms with Crippen molar-refractivity contribution in [2.45, 2.75) is 33.1 Å². The average Bonchev–Trinajstić information content (AvgIpc) is 2.74. The molecule has 2 aromatic heterocycles. The van der Waals surface area contributed by atoms with E-state index < -0.39 is 0 Å². The Kier molecular flexibility index (Phi) is 3.97. The standard InChI is InChI=1S/C14H19N3O/c1-3-4-5-8-15-14(18)12-7-6-9-17-10-11(2)16-13(12)17/h6-7,9-10H,3-5,8H2,1-2H3,(H,15,18). The van der Waals surface area contributed by atoms with Gasteiger partial charge in [-0.15, -0.1) is 0 Å². The molecule has 0 spiro atoms. The molecule has 2 heterocycles. The van der Waals surface area contributed by atoms with Gasteiger partial charge in [-0.3, -0.25) is 4.79 Å². The molecule has 0 atom stereocenters. The summed E-state index contributed by atoms with van der Waals surface area (Å²) in [5, 5.41) is 2.94. The molecular weight excluding hydrogens is 226 g/mol. The minimum Gasteiger partial charge on any atom is -0.352 e. The van der Waals surface area contributed by atoms with Crippen molar-refractivity contribution in [1.82, 2.24) is 14.7 Å². The largest absolute Gasteiger partial charge is 0.352 e. The van der Waals surface area contributed by atoms with E-state index in [0.717, 1.165) is 37.1 Å². The van der Waals surface area contributed by atoms with Gasteiger partial charge in [0.15, 0.2) is 0 Å². The third-order valence-electron chi connectivity index (χ3n) is 2.91. The van der Waals surface area contributed by atoms with Crippen LogP contribution in [0, 0.1) is 6.92 Å².